The number of nitriles is 1. The van der Waals surface area contributed by atoms with Gasteiger partial charge in [0.15, 0.2) is 0 Å². The lowest BCUT2D eigenvalue weighted by molar-refractivity contribution is -0.384. The summed E-state index contributed by atoms with van der Waals surface area (Å²) in [4.78, 5) is 22.4. The van der Waals surface area contributed by atoms with Gasteiger partial charge >= 0.3 is 0 Å². The monoisotopic (exact) mass is 383 g/mol. The molecule has 26 heavy (non-hydrogen) atoms. The molecule has 1 heterocycles. The topological polar surface area (TPSA) is 105 Å². The second-order valence-electron chi connectivity index (χ2n) is 5.07. The van der Waals surface area contributed by atoms with Crippen molar-refractivity contribution in [3.05, 3.63) is 68.6 Å². The van der Waals surface area contributed by atoms with Gasteiger partial charge in [-0.05, 0) is 29.8 Å². The molecule has 3 rings (SSSR count). The van der Waals surface area contributed by atoms with E-state index in [0.29, 0.717) is 15.0 Å². The molecule has 0 aliphatic carbocycles. The van der Waals surface area contributed by atoms with Gasteiger partial charge in [0.2, 0.25) is 0 Å². The number of carbonyl (C=O) groups is 1. The van der Waals surface area contributed by atoms with Crippen molar-refractivity contribution < 1.29 is 14.5 Å². The van der Waals surface area contributed by atoms with Crippen LogP contribution in [-0.4, -0.2) is 15.2 Å². The number of amides is 1. The highest BCUT2D eigenvalue weighted by Crippen LogP contribution is 2.30. The zero-order chi connectivity index (χ0) is 18.7. The van der Waals surface area contributed by atoms with Gasteiger partial charge in [0.1, 0.15) is 27.5 Å². The first-order valence-corrected chi connectivity index (χ1v) is 8.40. The molecule has 0 unspecified atom stereocenters. The SMILES string of the molecule is N#Cc1cc([N+](=O)[O-])ccc1Oc1ccc(/C=C2\SC(=S)NC2=O)cc1. The molecule has 0 bridgehead atoms. The molecule has 128 valence electrons. The molecule has 0 spiro atoms. The zero-order valence-electron chi connectivity index (χ0n) is 13.0. The summed E-state index contributed by atoms with van der Waals surface area (Å²) in [7, 11) is 0. The van der Waals surface area contributed by atoms with Gasteiger partial charge in [-0.2, -0.15) is 5.26 Å². The number of rotatable bonds is 4. The molecule has 1 aliphatic heterocycles. The molecular formula is C17H9N3O4S2. The van der Waals surface area contributed by atoms with Crippen LogP contribution in [0.5, 0.6) is 11.5 Å². The lowest BCUT2D eigenvalue weighted by Crippen LogP contribution is -2.17. The fourth-order valence-electron chi connectivity index (χ4n) is 2.14. The lowest BCUT2D eigenvalue weighted by Gasteiger charge is -2.07. The number of benzene rings is 2. The smallest absolute Gasteiger partial charge is 0.271 e. The van der Waals surface area contributed by atoms with Crippen LogP contribution in [0.1, 0.15) is 11.1 Å². The minimum atomic E-state index is -0.574. The Morgan fingerprint density at radius 3 is 2.58 bits per heavy atom. The van der Waals surface area contributed by atoms with E-state index in [0.717, 1.165) is 11.6 Å². The van der Waals surface area contributed by atoms with Gasteiger partial charge in [-0.1, -0.05) is 36.1 Å². The van der Waals surface area contributed by atoms with Gasteiger partial charge in [-0.15, -0.1) is 0 Å². The number of nitro benzene ring substituents is 1. The standard InChI is InChI=1S/C17H9N3O4S2/c18-9-11-8-12(20(22)23)3-6-14(11)24-13-4-1-10(2-5-13)7-15-16(21)19-17(25)26-15/h1-8H,(H,19,21,25)/b15-7-. The molecule has 0 saturated carbocycles. The number of thioether (sulfide) groups is 1. The minimum absolute atomic E-state index is 0.0675. The van der Waals surface area contributed by atoms with Crippen molar-refractivity contribution in [2.24, 2.45) is 0 Å². The first-order chi connectivity index (χ1) is 12.5. The fraction of sp³-hybridized carbons (Fsp3) is 0. The highest BCUT2D eigenvalue weighted by molar-refractivity contribution is 8.26. The minimum Gasteiger partial charge on any atom is -0.456 e. The van der Waals surface area contributed by atoms with E-state index in [1.807, 2.05) is 6.07 Å². The largest absolute Gasteiger partial charge is 0.456 e. The van der Waals surface area contributed by atoms with Crippen molar-refractivity contribution in [1.29, 1.82) is 5.26 Å². The van der Waals surface area contributed by atoms with Gasteiger partial charge in [-0.25, -0.2) is 0 Å². The third-order valence-corrected chi connectivity index (χ3v) is 4.50. The number of non-ortho nitro benzene ring substituents is 1. The summed E-state index contributed by atoms with van der Waals surface area (Å²) in [5.41, 5.74) is 0.669. The van der Waals surface area contributed by atoms with Crippen molar-refractivity contribution in [3.63, 3.8) is 0 Å². The number of ether oxygens (including phenoxy) is 1. The van der Waals surface area contributed by atoms with Gasteiger partial charge in [0.25, 0.3) is 11.6 Å². The van der Waals surface area contributed by atoms with Gasteiger partial charge in [0, 0.05) is 12.1 Å². The Labute approximate surface area is 157 Å². The molecular weight excluding hydrogens is 374 g/mol. The number of hydrogen-bond donors (Lipinski definition) is 1. The van der Waals surface area contributed by atoms with E-state index in [9.17, 15) is 14.9 Å². The van der Waals surface area contributed by atoms with Crippen LogP contribution >= 0.6 is 24.0 Å². The van der Waals surface area contributed by atoms with Crippen molar-refractivity contribution in [2.75, 3.05) is 0 Å². The summed E-state index contributed by atoms with van der Waals surface area (Å²) < 4.78 is 6.05. The zero-order valence-corrected chi connectivity index (χ0v) is 14.6. The van der Waals surface area contributed by atoms with Crippen molar-refractivity contribution in [3.8, 4) is 17.6 Å². The van der Waals surface area contributed by atoms with Crippen LogP contribution in [0.4, 0.5) is 5.69 Å². The number of nitro groups is 1. The van der Waals surface area contributed by atoms with Crippen LogP contribution in [0.3, 0.4) is 0 Å². The predicted molar refractivity (Wildman–Crippen MR) is 101 cm³/mol. The van der Waals surface area contributed by atoms with E-state index in [2.05, 4.69) is 5.32 Å². The molecule has 9 heteroatoms. The van der Waals surface area contributed by atoms with Crippen molar-refractivity contribution in [1.82, 2.24) is 5.32 Å². The molecule has 0 radical (unpaired) electrons. The number of nitrogens with zero attached hydrogens (tertiary/aromatic N) is 2. The Morgan fingerprint density at radius 2 is 2.00 bits per heavy atom. The fourth-order valence-corrected chi connectivity index (χ4v) is 3.18. The quantitative estimate of drug-likeness (QED) is 0.371. The van der Waals surface area contributed by atoms with E-state index in [1.54, 1.807) is 30.3 Å². The van der Waals surface area contributed by atoms with Crippen molar-refractivity contribution >= 4 is 46.0 Å². The molecule has 7 nitrogen and oxygen atoms in total. The molecule has 2 aromatic rings. The highest BCUT2D eigenvalue weighted by Gasteiger charge is 2.21. The Bertz CT molecular complexity index is 994. The van der Waals surface area contributed by atoms with Crippen molar-refractivity contribution in [2.45, 2.75) is 0 Å². The average Bonchev–Trinajstić information content (AvgIpc) is 2.94. The third-order valence-electron chi connectivity index (χ3n) is 3.34. The summed E-state index contributed by atoms with van der Waals surface area (Å²) in [5, 5.41) is 22.5. The summed E-state index contributed by atoms with van der Waals surface area (Å²) in [5.74, 6) is 0.446. The van der Waals surface area contributed by atoms with E-state index >= 15 is 0 Å². The van der Waals surface area contributed by atoms with Gasteiger partial charge in [0.05, 0.1) is 9.83 Å². The van der Waals surface area contributed by atoms with Crippen LogP contribution in [0.15, 0.2) is 47.4 Å². The Morgan fingerprint density at radius 1 is 1.27 bits per heavy atom. The molecule has 1 N–H and O–H groups in total. The second kappa shape index (κ2) is 7.35. The summed E-state index contributed by atoms with van der Waals surface area (Å²) >= 11 is 6.13. The van der Waals surface area contributed by atoms with E-state index in [4.69, 9.17) is 22.2 Å². The molecule has 1 amide bonds. The molecule has 0 aromatic heterocycles. The molecule has 1 aliphatic rings. The molecule has 1 fully saturated rings. The number of carbonyl (C=O) groups excluding carboxylic acids is 1. The first-order valence-electron chi connectivity index (χ1n) is 7.17. The van der Waals surface area contributed by atoms with Gasteiger partial charge < -0.3 is 10.1 Å². The van der Waals surface area contributed by atoms with E-state index in [1.165, 1.54) is 23.9 Å². The Balaban J connectivity index is 1.79. The number of nitrogens with one attached hydrogen (secondary N) is 1. The maximum atomic E-state index is 11.7. The van der Waals surface area contributed by atoms with E-state index in [-0.39, 0.29) is 22.9 Å². The van der Waals surface area contributed by atoms with Gasteiger partial charge in [-0.3, -0.25) is 14.9 Å². The summed E-state index contributed by atoms with van der Waals surface area (Å²) in [6.07, 6.45) is 1.70. The number of hydrogen-bond acceptors (Lipinski definition) is 7. The second-order valence-corrected chi connectivity index (χ2v) is 6.79. The number of thiocarbonyl (C=S) groups is 1. The molecule has 1 saturated heterocycles. The highest BCUT2D eigenvalue weighted by atomic mass is 32.2. The third kappa shape index (κ3) is 3.88. The average molecular weight is 383 g/mol. The normalized spacial score (nSPS) is 14.8. The Kier molecular flexibility index (Phi) is 4.97. The van der Waals surface area contributed by atoms with E-state index < -0.39 is 4.92 Å². The lowest BCUT2D eigenvalue weighted by atomic mass is 10.2. The maximum Gasteiger partial charge on any atom is 0.271 e. The van der Waals surface area contributed by atoms with Crippen LogP contribution < -0.4 is 10.1 Å². The maximum absolute atomic E-state index is 11.7. The van der Waals surface area contributed by atoms with Crippen LogP contribution in [-0.2, 0) is 4.79 Å². The first kappa shape index (κ1) is 17.6. The Hall–Kier alpha value is -3.22. The van der Waals surface area contributed by atoms with Crippen LogP contribution in [0, 0.1) is 21.4 Å². The van der Waals surface area contributed by atoms with Crippen LogP contribution in [0.25, 0.3) is 6.08 Å². The molecule has 0 atom stereocenters. The summed E-state index contributed by atoms with van der Waals surface area (Å²) in [6.45, 7) is 0. The summed E-state index contributed by atoms with van der Waals surface area (Å²) in [6, 6.07) is 12.5. The molecule has 2 aromatic carbocycles. The predicted octanol–water partition coefficient (Wildman–Crippen LogP) is 3.75. The van der Waals surface area contributed by atoms with Crippen LogP contribution in [0.2, 0.25) is 0 Å².